The summed E-state index contributed by atoms with van der Waals surface area (Å²) < 4.78 is 0. The number of hydrogen-bond donors (Lipinski definition) is 2. The molecule has 1 aromatic rings. The summed E-state index contributed by atoms with van der Waals surface area (Å²) in [7, 11) is 0. The minimum absolute atomic E-state index is 0.00524. The van der Waals surface area contributed by atoms with Crippen LogP contribution in [0, 0.1) is 17.2 Å². The number of hydrogen-bond acceptors (Lipinski definition) is 4. The van der Waals surface area contributed by atoms with Crippen LogP contribution in [0.15, 0.2) is 12.3 Å². The number of nitrogens with zero attached hydrogens (tertiary/aromatic N) is 2. The lowest BCUT2D eigenvalue weighted by Gasteiger charge is -2.27. The quantitative estimate of drug-likeness (QED) is 0.811. The highest BCUT2D eigenvalue weighted by Gasteiger charge is 2.38. The van der Waals surface area contributed by atoms with Gasteiger partial charge in [-0.2, -0.15) is 5.26 Å². The van der Waals surface area contributed by atoms with E-state index in [1.54, 1.807) is 12.3 Å². The molecule has 16 heavy (non-hydrogen) atoms. The standard InChI is InChI=1S/C12H16N4/c1-12(2,9-3-4-9)16-11-8(6-13)5-10(14)7-15-11/h5,7,9H,3-4,14H2,1-2H3,(H,15,16). The molecule has 1 fully saturated rings. The van der Waals surface area contributed by atoms with Crippen molar-refractivity contribution in [2.45, 2.75) is 32.2 Å². The minimum atomic E-state index is -0.00524. The summed E-state index contributed by atoms with van der Waals surface area (Å²) in [5.74, 6) is 1.31. The maximum Gasteiger partial charge on any atom is 0.144 e. The van der Waals surface area contributed by atoms with Gasteiger partial charge in [0.25, 0.3) is 0 Å². The van der Waals surface area contributed by atoms with Crippen molar-refractivity contribution in [3.05, 3.63) is 17.8 Å². The zero-order valence-corrected chi connectivity index (χ0v) is 9.62. The largest absolute Gasteiger partial charge is 0.397 e. The number of rotatable bonds is 3. The first-order valence-electron chi connectivity index (χ1n) is 5.47. The van der Waals surface area contributed by atoms with E-state index in [0.717, 1.165) is 0 Å². The van der Waals surface area contributed by atoms with E-state index in [2.05, 4.69) is 30.2 Å². The summed E-state index contributed by atoms with van der Waals surface area (Å²) in [6.45, 7) is 4.29. The first-order valence-corrected chi connectivity index (χ1v) is 5.47. The van der Waals surface area contributed by atoms with Crippen LogP contribution < -0.4 is 11.1 Å². The lowest BCUT2D eigenvalue weighted by Crippen LogP contribution is -2.34. The lowest BCUT2D eigenvalue weighted by atomic mass is 9.98. The molecule has 1 saturated carbocycles. The summed E-state index contributed by atoms with van der Waals surface area (Å²) in [6, 6.07) is 3.76. The van der Waals surface area contributed by atoms with Gasteiger partial charge in [-0.15, -0.1) is 0 Å². The lowest BCUT2D eigenvalue weighted by molar-refractivity contribution is 0.492. The van der Waals surface area contributed by atoms with Gasteiger partial charge in [-0.3, -0.25) is 0 Å². The number of aromatic nitrogens is 1. The fraction of sp³-hybridized carbons (Fsp3) is 0.500. The molecule has 0 aromatic carbocycles. The average Bonchev–Trinajstić information content (AvgIpc) is 3.04. The smallest absolute Gasteiger partial charge is 0.144 e. The number of nitrogens with one attached hydrogen (secondary N) is 1. The second kappa shape index (κ2) is 3.67. The number of nitrogens with two attached hydrogens (primary N) is 1. The monoisotopic (exact) mass is 216 g/mol. The van der Waals surface area contributed by atoms with Crippen LogP contribution in [0.4, 0.5) is 11.5 Å². The van der Waals surface area contributed by atoms with Crippen molar-refractivity contribution < 1.29 is 0 Å². The molecule has 2 rings (SSSR count). The second-order valence-corrected chi connectivity index (χ2v) is 4.90. The summed E-state index contributed by atoms with van der Waals surface area (Å²) >= 11 is 0. The third-order valence-corrected chi connectivity index (χ3v) is 3.07. The van der Waals surface area contributed by atoms with Gasteiger partial charge in [0.05, 0.1) is 17.4 Å². The number of anilines is 2. The van der Waals surface area contributed by atoms with Gasteiger partial charge in [-0.1, -0.05) is 0 Å². The summed E-state index contributed by atoms with van der Waals surface area (Å²) in [6.07, 6.45) is 4.07. The number of pyridine rings is 1. The first kappa shape index (κ1) is 10.7. The molecule has 0 radical (unpaired) electrons. The highest BCUT2D eigenvalue weighted by molar-refractivity contribution is 5.58. The SMILES string of the molecule is CC(C)(Nc1ncc(N)cc1C#N)C1CC1. The van der Waals surface area contributed by atoms with Gasteiger partial charge in [0.1, 0.15) is 11.9 Å². The van der Waals surface area contributed by atoms with Gasteiger partial charge in [0, 0.05) is 5.54 Å². The van der Waals surface area contributed by atoms with Crippen molar-refractivity contribution in [2.24, 2.45) is 5.92 Å². The fourth-order valence-corrected chi connectivity index (χ4v) is 1.88. The Morgan fingerprint density at radius 1 is 1.56 bits per heavy atom. The third-order valence-electron chi connectivity index (χ3n) is 3.07. The Balaban J connectivity index is 2.24. The Hall–Kier alpha value is -1.76. The molecule has 0 atom stereocenters. The molecule has 1 aliphatic rings. The molecule has 0 spiro atoms. The van der Waals surface area contributed by atoms with Crippen LogP contribution in [0.25, 0.3) is 0 Å². The Labute approximate surface area is 95.5 Å². The maximum absolute atomic E-state index is 9.01. The second-order valence-electron chi connectivity index (χ2n) is 4.90. The van der Waals surface area contributed by atoms with Crippen LogP contribution in [0.3, 0.4) is 0 Å². The molecule has 3 N–H and O–H groups in total. The molecule has 4 nitrogen and oxygen atoms in total. The zero-order chi connectivity index (χ0) is 11.8. The van der Waals surface area contributed by atoms with Crippen molar-refractivity contribution in [1.29, 1.82) is 5.26 Å². The highest BCUT2D eigenvalue weighted by Crippen LogP contribution is 2.41. The normalized spacial score (nSPS) is 15.6. The summed E-state index contributed by atoms with van der Waals surface area (Å²) in [5.41, 5.74) is 6.62. The van der Waals surface area contributed by atoms with Gasteiger partial charge in [0.15, 0.2) is 0 Å². The van der Waals surface area contributed by atoms with E-state index in [1.165, 1.54) is 12.8 Å². The highest BCUT2D eigenvalue weighted by atomic mass is 15.1. The van der Waals surface area contributed by atoms with Gasteiger partial charge < -0.3 is 11.1 Å². The molecule has 0 bridgehead atoms. The van der Waals surface area contributed by atoms with Gasteiger partial charge in [-0.05, 0) is 38.7 Å². The van der Waals surface area contributed by atoms with Crippen LogP contribution in [-0.4, -0.2) is 10.5 Å². The molecule has 1 heterocycles. The molecule has 0 aliphatic heterocycles. The van der Waals surface area contributed by atoms with Crippen LogP contribution in [0.1, 0.15) is 32.3 Å². The van der Waals surface area contributed by atoms with Crippen LogP contribution in [0.5, 0.6) is 0 Å². The molecule has 1 aliphatic carbocycles. The van der Waals surface area contributed by atoms with Crippen LogP contribution in [0.2, 0.25) is 0 Å². The predicted molar refractivity (Wildman–Crippen MR) is 63.8 cm³/mol. The molecular weight excluding hydrogens is 200 g/mol. The van der Waals surface area contributed by atoms with Crippen LogP contribution in [-0.2, 0) is 0 Å². The van der Waals surface area contributed by atoms with E-state index < -0.39 is 0 Å². The van der Waals surface area contributed by atoms with E-state index >= 15 is 0 Å². The fourth-order valence-electron chi connectivity index (χ4n) is 1.88. The Bertz CT molecular complexity index is 441. The van der Waals surface area contributed by atoms with Gasteiger partial charge >= 0.3 is 0 Å². The molecule has 84 valence electrons. The van der Waals surface area contributed by atoms with E-state index in [9.17, 15) is 0 Å². The van der Waals surface area contributed by atoms with E-state index in [1.807, 2.05) is 0 Å². The molecule has 1 aromatic heterocycles. The Kier molecular flexibility index (Phi) is 2.47. The summed E-state index contributed by atoms with van der Waals surface area (Å²) in [5, 5.41) is 12.3. The van der Waals surface area contributed by atoms with Crippen molar-refractivity contribution in [3.8, 4) is 6.07 Å². The number of nitriles is 1. The van der Waals surface area contributed by atoms with Crippen LogP contribution >= 0.6 is 0 Å². The zero-order valence-electron chi connectivity index (χ0n) is 9.62. The predicted octanol–water partition coefficient (Wildman–Crippen LogP) is 2.14. The van der Waals surface area contributed by atoms with Crippen molar-refractivity contribution in [2.75, 3.05) is 11.1 Å². The van der Waals surface area contributed by atoms with E-state index in [0.29, 0.717) is 23.0 Å². The van der Waals surface area contributed by atoms with Gasteiger partial charge in [0.2, 0.25) is 0 Å². The van der Waals surface area contributed by atoms with Gasteiger partial charge in [-0.25, -0.2) is 4.98 Å². The Morgan fingerprint density at radius 3 is 2.81 bits per heavy atom. The van der Waals surface area contributed by atoms with Crippen molar-refractivity contribution in [1.82, 2.24) is 4.98 Å². The molecule has 0 saturated heterocycles. The summed E-state index contributed by atoms with van der Waals surface area (Å²) in [4.78, 5) is 4.19. The molecule has 0 unspecified atom stereocenters. The third kappa shape index (κ3) is 2.08. The topological polar surface area (TPSA) is 74.7 Å². The Morgan fingerprint density at radius 2 is 2.25 bits per heavy atom. The maximum atomic E-state index is 9.01. The molecule has 4 heteroatoms. The van der Waals surface area contributed by atoms with Crippen molar-refractivity contribution >= 4 is 11.5 Å². The van der Waals surface area contributed by atoms with E-state index in [4.69, 9.17) is 11.0 Å². The van der Waals surface area contributed by atoms with Crippen molar-refractivity contribution in [3.63, 3.8) is 0 Å². The molecular formula is C12H16N4. The minimum Gasteiger partial charge on any atom is -0.397 e. The van der Waals surface area contributed by atoms with E-state index in [-0.39, 0.29) is 5.54 Å². The number of nitrogen functional groups attached to an aromatic ring is 1. The average molecular weight is 216 g/mol. The molecule has 0 amide bonds. The first-order chi connectivity index (χ1) is 7.53.